The second kappa shape index (κ2) is 7.34. The Hall–Kier alpha value is -0.120. The number of likely N-dealkylation sites (N-methyl/N-ethyl adjacent to an activating group) is 1. The van der Waals surface area contributed by atoms with Gasteiger partial charge in [-0.2, -0.15) is 0 Å². The van der Waals surface area contributed by atoms with Crippen LogP contribution >= 0.6 is 0 Å². The maximum atomic E-state index is 3.58. The zero-order valence-electron chi connectivity index (χ0n) is 11.5. The fraction of sp³-hybridized carbons (Fsp3) is 1.00. The molecule has 1 unspecified atom stereocenters. The fourth-order valence-electron chi connectivity index (χ4n) is 3.04. The molecule has 2 fully saturated rings. The summed E-state index contributed by atoms with van der Waals surface area (Å²) in [7, 11) is 2.28. The normalized spacial score (nSPS) is 26.1. The van der Waals surface area contributed by atoms with Crippen LogP contribution < -0.4 is 5.32 Å². The Morgan fingerprint density at radius 2 is 2.00 bits per heavy atom. The van der Waals surface area contributed by atoms with Gasteiger partial charge in [0, 0.05) is 19.1 Å². The number of hydrogen-bond acceptors (Lipinski definition) is 3. The lowest BCUT2D eigenvalue weighted by Crippen LogP contribution is -2.32. The van der Waals surface area contributed by atoms with Crippen LogP contribution in [0.1, 0.15) is 38.5 Å². The molecule has 0 amide bonds. The van der Waals surface area contributed by atoms with E-state index in [4.69, 9.17) is 0 Å². The smallest absolute Gasteiger partial charge is 0.0109 e. The maximum absolute atomic E-state index is 3.58. The van der Waals surface area contributed by atoms with E-state index in [0.29, 0.717) is 0 Å². The molecule has 0 aliphatic carbocycles. The Morgan fingerprint density at radius 1 is 1.18 bits per heavy atom. The average Bonchev–Trinajstić information content (AvgIpc) is 2.99. The molecule has 0 radical (unpaired) electrons. The number of nitrogens with zero attached hydrogens (tertiary/aromatic N) is 2. The van der Waals surface area contributed by atoms with Crippen LogP contribution in [0.25, 0.3) is 0 Å². The van der Waals surface area contributed by atoms with Crippen molar-refractivity contribution in [1.29, 1.82) is 0 Å². The van der Waals surface area contributed by atoms with E-state index in [1.807, 2.05) is 0 Å². The van der Waals surface area contributed by atoms with Gasteiger partial charge in [-0.05, 0) is 71.8 Å². The van der Waals surface area contributed by atoms with Crippen molar-refractivity contribution >= 4 is 0 Å². The van der Waals surface area contributed by atoms with Crippen molar-refractivity contribution in [2.45, 2.75) is 44.6 Å². The van der Waals surface area contributed by atoms with Crippen LogP contribution in [0.15, 0.2) is 0 Å². The van der Waals surface area contributed by atoms with Gasteiger partial charge in [0.15, 0.2) is 0 Å². The summed E-state index contributed by atoms with van der Waals surface area (Å²) in [5.41, 5.74) is 0. The van der Waals surface area contributed by atoms with Gasteiger partial charge in [-0.1, -0.05) is 0 Å². The Balaban J connectivity index is 1.46. The van der Waals surface area contributed by atoms with E-state index in [1.54, 1.807) is 0 Å². The van der Waals surface area contributed by atoms with E-state index in [-0.39, 0.29) is 0 Å². The highest BCUT2D eigenvalue weighted by molar-refractivity contribution is 4.74. The minimum absolute atomic E-state index is 0.821. The van der Waals surface area contributed by atoms with Gasteiger partial charge in [-0.3, -0.25) is 0 Å². The lowest BCUT2D eigenvalue weighted by molar-refractivity contribution is 0.252. The van der Waals surface area contributed by atoms with Crippen LogP contribution in [-0.2, 0) is 0 Å². The van der Waals surface area contributed by atoms with Crippen molar-refractivity contribution in [3.8, 4) is 0 Å². The SMILES string of the molecule is CN(CCCC1CCCN1)CCN1CCCC1. The van der Waals surface area contributed by atoms with Crippen LogP contribution in [0.3, 0.4) is 0 Å². The molecular weight excluding hydrogens is 210 g/mol. The summed E-state index contributed by atoms with van der Waals surface area (Å²) in [6, 6.07) is 0.821. The first kappa shape index (κ1) is 13.3. The lowest BCUT2D eigenvalue weighted by atomic mass is 10.1. The standard InChI is InChI=1S/C14H29N3/c1-16(12-13-17-10-2-3-11-17)9-5-7-14-6-4-8-15-14/h14-15H,2-13H2,1H3. The zero-order chi connectivity index (χ0) is 11.9. The summed E-state index contributed by atoms with van der Waals surface area (Å²) in [5, 5.41) is 3.58. The molecule has 3 nitrogen and oxygen atoms in total. The molecule has 17 heavy (non-hydrogen) atoms. The summed E-state index contributed by atoms with van der Waals surface area (Å²) >= 11 is 0. The van der Waals surface area contributed by atoms with Gasteiger partial charge < -0.3 is 15.1 Å². The van der Waals surface area contributed by atoms with Crippen molar-refractivity contribution in [3.63, 3.8) is 0 Å². The number of rotatable bonds is 7. The van der Waals surface area contributed by atoms with Crippen molar-refractivity contribution < 1.29 is 0 Å². The molecule has 0 aromatic heterocycles. The zero-order valence-corrected chi connectivity index (χ0v) is 11.5. The molecule has 2 heterocycles. The van der Waals surface area contributed by atoms with E-state index in [2.05, 4.69) is 22.2 Å². The van der Waals surface area contributed by atoms with Crippen molar-refractivity contribution in [2.24, 2.45) is 0 Å². The summed E-state index contributed by atoms with van der Waals surface area (Å²) in [4.78, 5) is 5.11. The van der Waals surface area contributed by atoms with Crippen molar-refractivity contribution in [3.05, 3.63) is 0 Å². The summed E-state index contributed by atoms with van der Waals surface area (Å²) in [6.45, 7) is 7.71. The van der Waals surface area contributed by atoms with Crippen molar-refractivity contribution in [2.75, 3.05) is 46.3 Å². The van der Waals surface area contributed by atoms with E-state index in [1.165, 1.54) is 77.8 Å². The summed E-state index contributed by atoms with van der Waals surface area (Å²) < 4.78 is 0. The highest BCUT2D eigenvalue weighted by atomic mass is 15.2. The van der Waals surface area contributed by atoms with Gasteiger partial charge in [-0.25, -0.2) is 0 Å². The predicted octanol–water partition coefficient (Wildman–Crippen LogP) is 1.55. The molecule has 2 saturated heterocycles. The fourth-order valence-corrected chi connectivity index (χ4v) is 3.04. The highest BCUT2D eigenvalue weighted by Gasteiger charge is 2.14. The molecule has 1 atom stereocenters. The first-order valence-corrected chi connectivity index (χ1v) is 7.49. The average molecular weight is 239 g/mol. The molecule has 1 N–H and O–H groups in total. The van der Waals surface area contributed by atoms with Crippen LogP contribution in [0.5, 0.6) is 0 Å². The van der Waals surface area contributed by atoms with Gasteiger partial charge in [0.2, 0.25) is 0 Å². The quantitative estimate of drug-likeness (QED) is 0.727. The van der Waals surface area contributed by atoms with E-state index in [9.17, 15) is 0 Å². The first-order chi connectivity index (χ1) is 8.34. The lowest BCUT2D eigenvalue weighted by Gasteiger charge is -2.21. The Kier molecular flexibility index (Phi) is 5.75. The Morgan fingerprint density at radius 3 is 2.71 bits per heavy atom. The molecule has 2 aliphatic heterocycles. The molecule has 0 spiro atoms. The molecule has 100 valence electrons. The van der Waals surface area contributed by atoms with E-state index in [0.717, 1.165) is 6.04 Å². The van der Waals surface area contributed by atoms with Crippen LogP contribution in [-0.4, -0.2) is 62.2 Å². The molecule has 0 aromatic rings. The topological polar surface area (TPSA) is 18.5 Å². The van der Waals surface area contributed by atoms with E-state index < -0.39 is 0 Å². The third kappa shape index (κ3) is 4.94. The molecule has 0 saturated carbocycles. The Bertz CT molecular complexity index is 196. The minimum Gasteiger partial charge on any atom is -0.314 e. The number of nitrogens with one attached hydrogen (secondary N) is 1. The van der Waals surface area contributed by atoms with Gasteiger partial charge in [0.1, 0.15) is 0 Å². The van der Waals surface area contributed by atoms with Crippen LogP contribution in [0.4, 0.5) is 0 Å². The van der Waals surface area contributed by atoms with Crippen LogP contribution in [0.2, 0.25) is 0 Å². The first-order valence-electron chi connectivity index (χ1n) is 7.49. The maximum Gasteiger partial charge on any atom is 0.0109 e. The second-order valence-corrected chi connectivity index (χ2v) is 5.79. The Labute approximate surface area is 107 Å². The summed E-state index contributed by atoms with van der Waals surface area (Å²) in [5.74, 6) is 0. The van der Waals surface area contributed by atoms with Gasteiger partial charge in [0.05, 0.1) is 0 Å². The number of hydrogen-bond donors (Lipinski definition) is 1. The largest absolute Gasteiger partial charge is 0.314 e. The third-order valence-corrected chi connectivity index (χ3v) is 4.25. The predicted molar refractivity (Wildman–Crippen MR) is 73.4 cm³/mol. The van der Waals surface area contributed by atoms with Crippen molar-refractivity contribution in [1.82, 2.24) is 15.1 Å². The van der Waals surface area contributed by atoms with Crippen LogP contribution in [0, 0.1) is 0 Å². The van der Waals surface area contributed by atoms with Gasteiger partial charge in [0.25, 0.3) is 0 Å². The second-order valence-electron chi connectivity index (χ2n) is 5.79. The molecule has 0 aromatic carbocycles. The van der Waals surface area contributed by atoms with E-state index >= 15 is 0 Å². The van der Waals surface area contributed by atoms with Gasteiger partial charge >= 0.3 is 0 Å². The number of likely N-dealkylation sites (tertiary alicyclic amines) is 1. The molecule has 2 rings (SSSR count). The molecule has 0 bridgehead atoms. The monoisotopic (exact) mass is 239 g/mol. The summed E-state index contributed by atoms with van der Waals surface area (Å²) in [6.07, 6.45) is 8.34. The third-order valence-electron chi connectivity index (χ3n) is 4.25. The molecule has 3 heteroatoms. The highest BCUT2D eigenvalue weighted by Crippen LogP contribution is 2.11. The van der Waals surface area contributed by atoms with Gasteiger partial charge in [-0.15, -0.1) is 0 Å². The minimum atomic E-state index is 0.821. The molecular formula is C14H29N3. The molecule has 2 aliphatic rings.